The number of hydrogen-bond donors (Lipinski definition) is 1. The van der Waals surface area contributed by atoms with Gasteiger partial charge in [0.2, 0.25) is 0 Å². The van der Waals surface area contributed by atoms with E-state index in [-0.39, 0.29) is 0 Å². The van der Waals surface area contributed by atoms with Crippen LogP contribution in [0.25, 0.3) is 0 Å². The van der Waals surface area contributed by atoms with E-state index in [0.29, 0.717) is 19.7 Å². The van der Waals surface area contributed by atoms with Crippen LogP contribution in [0.3, 0.4) is 0 Å². The Bertz CT molecular complexity index is 507. The van der Waals surface area contributed by atoms with Crippen LogP contribution in [0.15, 0.2) is 43.0 Å². The number of allylic oxidation sites excluding steroid dienone is 1. The molecule has 0 saturated carbocycles. The van der Waals surface area contributed by atoms with Crippen LogP contribution in [0, 0.1) is 0 Å². The minimum absolute atomic E-state index is 0.352. The Labute approximate surface area is 106 Å². The van der Waals surface area contributed by atoms with E-state index in [2.05, 4.69) is 16.9 Å². The monoisotopic (exact) mass is 244 g/mol. The van der Waals surface area contributed by atoms with E-state index in [1.54, 1.807) is 10.8 Å². The van der Waals surface area contributed by atoms with Crippen molar-refractivity contribution in [3.05, 3.63) is 54.4 Å². The lowest BCUT2D eigenvalue weighted by molar-refractivity contribution is 0.292. The first-order valence-electron chi connectivity index (χ1n) is 5.75. The first-order valence-corrected chi connectivity index (χ1v) is 5.75. The van der Waals surface area contributed by atoms with E-state index in [1.165, 1.54) is 0 Å². The van der Waals surface area contributed by atoms with E-state index in [9.17, 15) is 0 Å². The summed E-state index contributed by atoms with van der Waals surface area (Å²) < 4.78 is 7.44. The molecule has 0 saturated heterocycles. The topological polar surface area (TPSA) is 66.0 Å². The minimum Gasteiger partial charge on any atom is -0.487 e. The summed E-state index contributed by atoms with van der Waals surface area (Å²) in [6.07, 6.45) is 1.76. The van der Waals surface area contributed by atoms with Gasteiger partial charge < -0.3 is 10.5 Å². The molecule has 0 unspecified atom stereocenters. The maximum atomic E-state index is 5.69. The van der Waals surface area contributed by atoms with Crippen molar-refractivity contribution in [2.24, 2.45) is 5.73 Å². The van der Waals surface area contributed by atoms with Gasteiger partial charge in [-0.3, -0.25) is 0 Å². The zero-order valence-corrected chi connectivity index (χ0v) is 10.1. The van der Waals surface area contributed by atoms with Crippen molar-refractivity contribution < 1.29 is 4.74 Å². The molecule has 1 aromatic heterocycles. The Morgan fingerprint density at radius 1 is 1.33 bits per heavy atom. The first-order chi connectivity index (χ1) is 8.85. The average molecular weight is 244 g/mol. The molecule has 5 heteroatoms. The number of para-hydroxylation sites is 1. The molecule has 0 amide bonds. The first kappa shape index (κ1) is 12.3. The lowest BCUT2D eigenvalue weighted by Gasteiger charge is -2.08. The standard InChI is InChI=1S/C13H16N4O/c1-2-8-17-13(12(9-14)15-16-17)10-18-11-6-4-3-5-7-11/h2-7H,1,8-10,14H2. The average Bonchev–Trinajstić information content (AvgIpc) is 2.80. The highest BCUT2D eigenvalue weighted by Gasteiger charge is 2.11. The van der Waals surface area contributed by atoms with Crippen molar-refractivity contribution in [1.29, 1.82) is 0 Å². The molecule has 94 valence electrons. The molecule has 2 rings (SSSR count). The summed E-state index contributed by atoms with van der Waals surface area (Å²) in [5, 5.41) is 8.05. The summed E-state index contributed by atoms with van der Waals surface area (Å²) in [6, 6.07) is 9.62. The lowest BCUT2D eigenvalue weighted by atomic mass is 10.3. The molecule has 2 aromatic rings. The Balaban J connectivity index is 2.12. The smallest absolute Gasteiger partial charge is 0.132 e. The molecule has 18 heavy (non-hydrogen) atoms. The molecule has 0 aliphatic heterocycles. The molecule has 0 fully saturated rings. The zero-order valence-electron chi connectivity index (χ0n) is 10.1. The zero-order chi connectivity index (χ0) is 12.8. The second kappa shape index (κ2) is 5.97. The highest BCUT2D eigenvalue weighted by Crippen LogP contribution is 2.13. The van der Waals surface area contributed by atoms with Crippen LogP contribution in [-0.4, -0.2) is 15.0 Å². The number of nitrogens with two attached hydrogens (primary N) is 1. The van der Waals surface area contributed by atoms with Crippen molar-refractivity contribution in [3.63, 3.8) is 0 Å². The Morgan fingerprint density at radius 2 is 2.11 bits per heavy atom. The van der Waals surface area contributed by atoms with Gasteiger partial charge in [0.25, 0.3) is 0 Å². The quantitative estimate of drug-likeness (QED) is 0.782. The number of benzene rings is 1. The molecule has 0 atom stereocenters. The predicted octanol–water partition coefficient (Wildman–Crippen LogP) is 1.50. The fourth-order valence-electron chi connectivity index (χ4n) is 1.62. The summed E-state index contributed by atoms with van der Waals surface area (Å²) in [7, 11) is 0. The van der Waals surface area contributed by atoms with Crippen molar-refractivity contribution in [2.45, 2.75) is 19.7 Å². The van der Waals surface area contributed by atoms with Crippen LogP contribution in [0.2, 0.25) is 0 Å². The van der Waals surface area contributed by atoms with Gasteiger partial charge in [0.15, 0.2) is 0 Å². The van der Waals surface area contributed by atoms with Gasteiger partial charge >= 0.3 is 0 Å². The molecule has 0 aliphatic rings. The second-order valence-electron chi connectivity index (χ2n) is 3.76. The third kappa shape index (κ3) is 2.75. The molecule has 0 aliphatic carbocycles. The van der Waals surface area contributed by atoms with Gasteiger partial charge in [0, 0.05) is 6.54 Å². The number of aromatic nitrogens is 3. The van der Waals surface area contributed by atoms with Gasteiger partial charge in [-0.15, -0.1) is 11.7 Å². The van der Waals surface area contributed by atoms with Gasteiger partial charge in [-0.1, -0.05) is 29.5 Å². The third-order valence-electron chi connectivity index (χ3n) is 2.53. The van der Waals surface area contributed by atoms with Crippen molar-refractivity contribution in [1.82, 2.24) is 15.0 Å². The summed E-state index contributed by atoms with van der Waals surface area (Å²) in [4.78, 5) is 0. The van der Waals surface area contributed by atoms with Crippen molar-refractivity contribution >= 4 is 0 Å². The summed E-state index contributed by atoms with van der Waals surface area (Å²) in [6.45, 7) is 5.04. The highest BCUT2D eigenvalue weighted by atomic mass is 16.5. The van der Waals surface area contributed by atoms with E-state index >= 15 is 0 Å². The normalized spacial score (nSPS) is 10.3. The largest absolute Gasteiger partial charge is 0.487 e. The van der Waals surface area contributed by atoms with E-state index < -0.39 is 0 Å². The maximum absolute atomic E-state index is 5.69. The van der Waals surface area contributed by atoms with Crippen LogP contribution < -0.4 is 10.5 Å². The molecular weight excluding hydrogens is 228 g/mol. The SMILES string of the molecule is C=CCn1nnc(CN)c1COc1ccccc1. The predicted molar refractivity (Wildman–Crippen MR) is 68.9 cm³/mol. The molecule has 0 spiro atoms. The number of hydrogen-bond acceptors (Lipinski definition) is 4. The molecule has 1 aromatic carbocycles. The van der Waals surface area contributed by atoms with E-state index in [1.807, 2.05) is 30.3 Å². The van der Waals surface area contributed by atoms with E-state index in [4.69, 9.17) is 10.5 Å². The van der Waals surface area contributed by atoms with Gasteiger partial charge in [0.1, 0.15) is 23.7 Å². The maximum Gasteiger partial charge on any atom is 0.132 e. The Hall–Kier alpha value is -2.14. The van der Waals surface area contributed by atoms with Crippen LogP contribution >= 0.6 is 0 Å². The van der Waals surface area contributed by atoms with Gasteiger partial charge in [-0.2, -0.15) is 0 Å². The fraction of sp³-hybridized carbons (Fsp3) is 0.231. The highest BCUT2D eigenvalue weighted by molar-refractivity contribution is 5.21. The number of ether oxygens (including phenoxy) is 1. The molecule has 5 nitrogen and oxygen atoms in total. The molecule has 0 radical (unpaired) electrons. The fourth-order valence-corrected chi connectivity index (χ4v) is 1.62. The van der Waals surface area contributed by atoms with Gasteiger partial charge in [-0.05, 0) is 12.1 Å². The van der Waals surface area contributed by atoms with Crippen LogP contribution in [0.1, 0.15) is 11.4 Å². The van der Waals surface area contributed by atoms with Gasteiger partial charge in [0.05, 0.1) is 6.54 Å². The summed E-state index contributed by atoms with van der Waals surface area (Å²) >= 11 is 0. The number of nitrogens with zero attached hydrogens (tertiary/aromatic N) is 3. The Kier molecular flexibility index (Phi) is 4.09. The van der Waals surface area contributed by atoms with Crippen molar-refractivity contribution in [3.8, 4) is 5.75 Å². The van der Waals surface area contributed by atoms with E-state index in [0.717, 1.165) is 17.1 Å². The molecule has 0 bridgehead atoms. The molecular formula is C13H16N4O. The second-order valence-corrected chi connectivity index (χ2v) is 3.76. The minimum atomic E-state index is 0.352. The lowest BCUT2D eigenvalue weighted by Crippen LogP contribution is -2.10. The molecule has 2 N–H and O–H groups in total. The van der Waals surface area contributed by atoms with Gasteiger partial charge in [-0.25, -0.2) is 4.68 Å². The van der Waals surface area contributed by atoms with Crippen molar-refractivity contribution in [2.75, 3.05) is 0 Å². The summed E-state index contributed by atoms with van der Waals surface area (Å²) in [5.41, 5.74) is 7.28. The summed E-state index contributed by atoms with van der Waals surface area (Å²) in [5.74, 6) is 0.812. The molecule has 1 heterocycles. The van der Waals surface area contributed by atoms with Crippen LogP contribution in [-0.2, 0) is 19.7 Å². The van der Waals surface area contributed by atoms with Crippen LogP contribution in [0.4, 0.5) is 0 Å². The van der Waals surface area contributed by atoms with Crippen LogP contribution in [0.5, 0.6) is 5.75 Å². The number of rotatable bonds is 6. The Morgan fingerprint density at radius 3 is 2.78 bits per heavy atom. The third-order valence-corrected chi connectivity index (χ3v) is 2.53.